The van der Waals surface area contributed by atoms with E-state index in [0.717, 1.165) is 25.7 Å². The number of nitrogens with two attached hydrogens (primary N) is 1. The van der Waals surface area contributed by atoms with E-state index in [1.807, 2.05) is 0 Å². The molecular formula is C26H37N5O7. The van der Waals surface area contributed by atoms with Crippen LogP contribution in [0.5, 0.6) is 0 Å². The highest BCUT2D eigenvalue weighted by atomic mass is 16.4. The largest absolute Gasteiger partial charge is 0.480 e. The van der Waals surface area contributed by atoms with Crippen LogP contribution in [-0.4, -0.2) is 80.5 Å². The Morgan fingerprint density at radius 2 is 1.71 bits per heavy atom. The fourth-order valence-corrected chi connectivity index (χ4v) is 5.47. The van der Waals surface area contributed by atoms with Gasteiger partial charge in [0.2, 0.25) is 11.8 Å². The fraction of sp³-hybridized carbons (Fsp3) is 0.615. The Morgan fingerprint density at radius 3 is 2.37 bits per heavy atom. The number of hydrogen-bond acceptors (Lipinski definition) is 7. The summed E-state index contributed by atoms with van der Waals surface area (Å²) in [6, 6.07) is -0.452. The molecule has 0 unspecified atom stereocenters. The van der Waals surface area contributed by atoms with Crippen molar-refractivity contribution in [2.24, 2.45) is 11.7 Å². The first-order valence-electron chi connectivity index (χ1n) is 13.2. The molecule has 1 aromatic heterocycles. The molecule has 38 heavy (non-hydrogen) atoms. The number of hydrogen-bond donors (Lipinski definition) is 5. The molecule has 208 valence electrons. The lowest BCUT2D eigenvalue weighted by Gasteiger charge is -2.33. The lowest BCUT2D eigenvalue weighted by atomic mass is 9.84. The lowest BCUT2D eigenvalue weighted by molar-refractivity contribution is -0.150. The molecule has 2 heterocycles. The molecule has 2 fully saturated rings. The predicted molar refractivity (Wildman–Crippen MR) is 136 cm³/mol. The summed E-state index contributed by atoms with van der Waals surface area (Å²) < 4.78 is 0. The Bertz CT molecular complexity index is 1000. The van der Waals surface area contributed by atoms with Crippen molar-refractivity contribution < 1.29 is 34.2 Å². The molecular weight excluding hydrogens is 494 g/mol. The second kappa shape index (κ2) is 13.8. The highest BCUT2D eigenvalue weighted by Crippen LogP contribution is 2.40. The number of amides is 3. The number of aromatic nitrogens is 1. The van der Waals surface area contributed by atoms with Crippen molar-refractivity contribution in [3.63, 3.8) is 0 Å². The molecule has 6 N–H and O–H groups in total. The minimum Gasteiger partial charge on any atom is -0.480 e. The van der Waals surface area contributed by atoms with E-state index in [2.05, 4.69) is 15.6 Å². The fourth-order valence-electron chi connectivity index (χ4n) is 5.47. The highest BCUT2D eigenvalue weighted by Gasteiger charge is 2.47. The maximum absolute atomic E-state index is 13.1. The molecule has 1 aliphatic heterocycles. The van der Waals surface area contributed by atoms with E-state index in [-0.39, 0.29) is 31.2 Å². The van der Waals surface area contributed by atoms with Crippen molar-refractivity contribution in [1.29, 1.82) is 0 Å². The van der Waals surface area contributed by atoms with Crippen molar-refractivity contribution in [2.75, 3.05) is 6.54 Å². The average Bonchev–Trinajstić information content (AvgIpc) is 3.30. The number of pyridine rings is 1. The van der Waals surface area contributed by atoms with Crippen molar-refractivity contribution >= 4 is 29.7 Å². The highest BCUT2D eigenvalue weighted by molar-refractivity contribution is 5.98. The van der Waals surface area contributed by atoms with Gasteiger partial charge in [0.15, 0.2) is 0 Å². The summed E-state index contributed by atoms with van der Waals surface area (Å²) in [5, 5.41) is 24.5. The van der Waals surface area contributed by atoms with Gasteiger partial charge in [-0.2, -0.15) is 0 Å². The molecule has 0 spiro atoms. The van der Waals surface area contributed by atoms with Gasteiger partial charge in [-0.3, -0.25) is 19.4 Å². The normalized spacial score (nSPS) is 22.1. The predicted octanol–water partition coefficient (Wildman–Crippen LogP) is 0.903. The monoisotopic (exact) mass is 531 g/mol. The zero-order valence-corrected chi connectivity index (χ0v) is 21.4. The molecule has 1 aromatic rings. The quantitative estimate of drug-likeness (QED) is 0.230. The third-order valence-corrected chi connectivity index (χ3v) is 7.43. The number of likely N-dealkylation sites (tertiary alicyclic amines) is 1. The first kappa shape index (κ1) is 29.0. The van der Waals surface area contributed by atoms with E-state index in [1.54, 1.807) is 0 Å². The summed E-state index contributed by atoms with van der Waals surface area (Å²) in [6.07, 6.45) is 7.83. The number of aliphatic carboxylic acids is 2. The Morgan fingerprint density at radius 1 is 1.00 bits per heavy atom. The minimum atomic E-state index is -1.38. The summed E-state index contributed by atoms with van der Waals surface area (Å²) in [6.45, 7) is 0.405. The van der Waals surface area contributed by atoms with Gasteiger partial charge in [-0.05, 0) is 69.5 Å². The second-order valence-electron chi connectivity index (χ2n) is 9.99. The number of carboxylic acids is 2. The molecule has 12 heteroatoms. The minimum absolute atomic E-state index is 0.141. The van der Waals surface area contributed by atoms with Crippen molar-refractivity contribution in [3.8, 4) is 0 Å². The standard InChI is InChI=1S/C26H37N5O7/c27-12-4-3-6-18(29-23(33)16-10-13-28-14-11-16)24(34)30-19(25(35)36)8-9-22(32)31-20-7-2-1-5-17(20)15-21(31)26(37)38/h10-11,13-14,17-21H,1-9,12,15,27H2,(H,29,33)(H,30,34)(H,35,36)(H,37,38)/t17-,18-,19+,20-,21-/m0/s1. The third kappa shape index (κ3) is 7.50. The van der Waals surface area contributed by atoms with Crippen LogP contribution in [0, 0.1) is 5.92 Å². The van der Waals surface area contributed by atoms with Gasteiger partial charge in [-0.15, -0.1) is 0 Å². The van der Waals surface area contributed by atoms with E-state index in [9.17, 15) is 34.2 Å². The van der Waals surface area contributed by atoms with Crippen molar-refractivity contribution in [1.82, 2.24) is 20.5 Å². The maximum atomic E-state index is 13.1. The van der Waals surface area contributed by atoms with Crippen LogP contribution in [0.4, 0.5) is 0 Å². The SMILES string of the molecule is NCCCC[C@H](NC(=O)c1ccncc1)C(=O)N[C@H](CCC(=O)N1[C@H](C(=O)O)C[C@@H]2CCCC[C@@H]21)C(=O)O. The van der Waals surface area contributed by atoms with Gasteiger partial charge in [-0.1, -0.05) is 12.8 Å². The summed E-state index contributed by atoms with van der Waals surface area (Å²) in [7, 11) is 0. The molecule has 1 saturated heterocycles. The average molecular weight is 532 g/mol. The van der Waals surface area contributed by atoms with Crippen LogP contribution in [0.3, 0.4) is 0 Å². The van der Waals surface area contributed by atoms with Gasteiger partial charge in [-0.25, -0.2) is 9.59 Å². The van der Waals surface area contributed by atoms with Crippen LogP contribution in [0.25, 0.3) is 0 Å². The molecule has 2 aliphatic rings. The van der Waals surface area contributed by atoms with Gasteiger partial charge < -0.3 is 31.5 Å². The van der Waals surface area contributed by atoms with Crippen LogP contribution in [0.2, 0.25) is 0 Å². The molecule has 1 aliphatic carbocycles. The molecule has 3 amide bonds. The van der Waals surface area contributed by atoms with Crippen LogP contribution < -0.4 is 16.4 Å². The Labute approximate surface area is 221 Å². The summed E-state index contributed by atoms with van der Waals surface area (Å²) in [5.41, 5.74) is 5.85. The number of carbonyl (C=O) groups is 5. The van der Waals surface area contributed by atoms with Crippen LogP contribution >= 0.6 is 0 Å². The third-order valence-electron chi connectivity index (χ3n) is 7.43. The zero-order valence-electron chi connectivity index (χ0n) is 21.4. The van der Waals surface area contributed by atoms with Crippen LogP contribution in [-0.2, 0) is 19.2 Å². The smallest absolute Gasteiger partial charge is 0.326 e. The Balaban J connectivity index is 1.64. The first-order chi connectivity index (χ1) is 18.2. The maximum Gasteiger partial charge on any atom is 0.326 e. The number of unbranched alkanes of at least 4 members (excludes halogenated alkanes) is 1. The molecule has 0 aromatic carbocycles. The zero-order chi connectivity index (χ0) is 27.7. The molecule has 0 bridgehead atoms. The van der Waals surface area contributed by atoms with Gasteiger partial charge in [0.25, 0.3) is 5.91 Å². The van der Waals surface area contributed by atoms with E-state index < -0.39 is 47.8 Å². The van der Waals surface area contributed by atoms with E-state index in [0.29, 0.717) is 31.4 Å². The topological polar surface area (TPSA) is 192 Å². The van der Waals surface area contributed by atoms with Crippen LogP contribution in [0.1, 0.15) is 74.6 Å². The number of nitrogens with zero attached hydrogens (tertiary/aromatic N) is 2. The van der Waals surface area contributed by atoms with Gasteiger partial charge in [0.1, 0.15) is 18.1 Å². The second-order valence-corrected chi connectivity index (χ2v) is 9.99. The number of rotatable bonds is 13. The Kier molecular flexibility index (Phi) is 10.6. The Hall–Kier alpha value is -3.54. The molecule has 3 rings (SSSR count). The van der Waals surface area contributed by atoms with Gasteiger partial charge >= 0.3 is 11.9 Å². The van der Waals surface area contributed by atoms with Crippen LogP contribution in [0.15, 0.2) is 24.5 Å². The van der Waals surface area contributed by atoms with Crippen molar-refractivity contribution in [2.45, 2.75) is 88.4 Å². The van der Waals surface area contributed by atoms with Gasteiger partial charge in [0, 0.05) is 30.4 Å². The number of carboxylic acid groups (broad SMARTS) is 2. The number of fused-ring (bicyclic) bond motifs is 1. The summed E-state index contributed by atoms with van der Waals surface area (Å²) >= 11 is 0. The number of carbonyl (C=O) groups excluding carboxylic acids is 3. The summed E-state index contributed by atoms with van der Waals surface area (Å²) in [4.78, 5) is 67.9. The molecule has 12 nitrogen and oxygen atoms in total. The van der Waals surface area contributed by atoms with E-state index in [4.69, 9.17) is 5.73 Å². The van der Waals surface area contributed by atoms with Crippen molar-refractivity contribution in [3.05, 3.63) is 30.1 Å². The first-order valence-corrected chi connectivity index (χ1v) is 13.2. The van der Waals surface area contributed by atoms with E-state index >= 15 is 0 Å². The lowest BCUT2D eigenvalue weighted by Crippen LogP contribution is -2.52. The van der Waals surface area contributed by atoms with E-state index in [1.165, 1.54) is 29.4 Å². The molecule has 1 saturated carbocycles. The molecule has 5 atom stereocenters. The van der Waals surface area contributed by atoms with Gasteiger partial charge in [0.05, 0.1) is 0 Å². The number of nitrogens with one attached hydrogen (secondary N) is 2. The summed E-state index contributed by atoms with van der Waals surface area (Å²) in [5.74, 6) is -3.83. The molecule has 0 radical (unpaired) electrons.